The minimum Gasteiger partial charge on any atom is -0.481 e. The first-order chi connectivity index (χ1) is 11.0. The van der Waals surface area contributed by atoms with Gasteiger partial charge in [0.25, 0.3) is 0 Å². The van der Waals surface area contributed by atoms with Crippen LogP contribution in [0.4, 0.5) is 0 Å². The molecule has 0 radical (unpaired) electrons. The number of rotatable bonds is 14. The molecule has 5 heteroatoms. The van der Waals surface area contributed by atoms with Gasteiger partial charge in [0.15, 0.2) is 0 Å². The number of carboxylic acids is 1. The highest BCUT2D eigenvalue weighted by molar-refractivity contribution is 5.66. The van der Waals surface area contributed by atoms with Gasteiger partial charge in [-0.25, -0.2) is 0 Å². The SMILES string of the molecule is CC[C@H](O)/C=C/[C@H](O)[C@H](O)C/C=C\CCCCCCCC(=O)O. The van der Waals surface area contributed by atoms with E-state index in [9.17, 15) is 20.1 Å². The summed E-state index contributed by atoms with van der Waals surface area (Å²) in [6.07, 6.45) is 11.4. The molecule has 0 heterocycles. The molecule has 3 atom stereocenters. The normalized spacial score (nSPS) is 16.0. The summed E-state index contributed by atoms with van der Waals surface area (Å²) in [7, 11) is 0. The molecular formula is C18H32O5. The van der Waals surface area contributed by atoms with Gasteiger partial charge in [-0.3, -0.25) is 4.79 Å². The van der Waals surface area contributed by atoms with Gasteiger partial charge in [-0.05, 0) is 32.1 Å². The van der Waals surface area contributed by atoms with E-state index in [4.69, 9.17) is 5.11 Å². The molecule has 0 bridgehead atoms. The highest BCUT2D eigenvalue weighted by Gasteiger charge is 2.11. The zero-order chi connectivity index (χ0) is 17.5. The first-order valence-electron chi connectivity index (χ1n) is 8.56. The average molecular weight is 328 g/mol. The molecule has 0 unspecified atom stereocenters. The lowest BCUT2D eigenvalue weighted by molar-refractivity contribution is -0.137. The molecule has 0 saturated heterocycles. The molecule has 0 aliphatic carbocycles. The summed E-state index contributed by atoms with van der Waals surface area (Å²) < 4.78 is 0. The van der Waals surface area contributed by atoms with E-state index < -0.39 is 24.3 Å². The molecule has 0 aliphatic rings. The molecule has 23 heavy (non-hydrogen) atoms. The molecule has 0 aliphatic heterocycles. The van der Waals surface area contributed by atoms with Crippen LogP contribution in [0.1, 0.15) is 64.7 Å². The fourth-order valence-electron chi connectivity index (χ4n) is 2.07. The number of unbranched alkanes of at least 4 members (excludes halogenated alkanes) is 5. The smallest absolute Gasteiger partial charge is 0.303 e. The molecule has 134 valence electrons. The second-order valence-electron chi connectivity index (χ2n) is 5.83. The van der Waals surface area contributed by atoms with E-state index >= 15 is 0 Å². The summed E-state index contributed by atoms with van der Waals surface area (Å²) in [6, 6.07) is 0. The zero-order valence-electron chi connectivity index (χ0n) is 14.1. The number of aliphatic carboxylic acids is 1. The number of aliphatic hydroxyl groups excluding tert-OH is 3. The van der Waals surface area contributed by atoms with Gasteiger partial charge in [-0.1, -0.05) is 50.5 Å². The van der Waals surface area contributed by atoms with Gasteiger partial charge in [0.05, 0.1) is 18.3 Å². The Morgan fingerprint density at radius 1 is 0.957 bits per heavy atom. The van der Waals surface area contributed by atoms with Crippen molar-refractivity contribution < 1.29 is 25.2 Å². The predicted octanol–water partition coefficient (Wildman–Crippen LogP) is 2.80. The maximum Gasteiger partial charge on any atom is 0.303 e. The summed E-state index contributed by atoms with van der Waals surface area (Å²) in [5.74, 6) is -0.729. The monoisotopic (exact) mass is 328 g/mol. The van der Waals surface area contributed by atoms with Crippen molar-refractivity contribution in [1.82, 2.24) is 0 Å². The topological polar surface area (TPSA) is 98.0 Å². The van der Waals surface area contributed by atoms with Gasteiger partial charge < -0.3 is 20.4 Å². The predicted molar refractivity (Wildman–Crippen MR) is 91.2 cm³/mol. The lowest BCUT2D eigenvalue weighted by atomic mass is 10.1. The first kappa shape index (κ1) is 21.8. The van der Waals surface area contributed by atoms with Crippen molar-refractivity contribution in [3.05, 3.63) is 24.3 Å². The van der Waals surface area contributed by atoms with E-state index in [2.05, 4.69) is 0 Å². The molecule has 0 fully saturated rings. The highest BCUT2D eigenvalue weighted by Crippen LogP contribution is 2.09. The van der Waals surface area contributed by atoms with E-state index in [1.807, 2.05) is 19.1 Å². The maximum atomic E-state index is 10.3. The van der Waals surface area contributed by atoms with E-state index in [1.165, 1.54) is 12.2 Å². The average Bonchev–Trinajstić information content (AvgIpc) is 2.53. The van der Waals surface area contributed by atoms with E-state index in [-0.39, 0.29) is 6.42 Å². The number of carboxylic acid groups (broad SMARTS) is 1. The maximum absolute atomic E-state index is 10.3. The molecule has 0 spiro atoms. The van der Waals surface area contributed by atoms with Crippen molar-refractivity contribution in [2.24, 2.45) is 0 Å². The standard InChI is InChI=1S/C18H32O5/c1-2-15(19)13-14-17(21)16(20)11-9-7-5-3-4-6-8-10-12-18(22)23/h7,9,13-17,19-21H,2-6,8,10-12H2,1H3,(H,22,23)/b9-7-,14-13+/t15-,16+,17-/m0/s1. The van der Waals surface area contributed by atoms with Crippen LogP contribution in [-0.2, 0) is 4.79 Å². The highest BCUT2D eigenvalue weighted by atomic mass is 16.4. The fraction of sp³-hybridized carbons (Fsp3) is 0.722. The van der Waals surface area contributed by atoms with E-state index in [0.29, 0.717) is 12.8 Å². The van der Waals surface area contributed by atoms with Gasteiger partial charge in [-0.15, -0.1) is 0 Å². The van der Waals surface area contributed by atoms with Gasteiger partial charge >= 0.3 is 5.97 Å². The van der Waals surface area contributed by atoms with Crippen LogP contribution in [0.5, 0.6) is 0 Å². The number of allylic oxidation sites excluding steroid dienone is 1. The van der Waals surface area contributed by atoms with Crippen LogP contribution in [0.2, 0.25) is 0 Å². The molecule has 0 aromatic carbocycles. The molecule has 0 saturated carbocycles. The Morgan fingerprint density at radius 3 is 2.26 bits per heavy atom. The van der Waals surface area contributed by atoms with Crippen LogP contribution in [0.15, 0.2) is 24.3 Å². The fourth-order valence-corrected chi connectivity index (χ4v) is 2.07. The Labute approximate surface area is 139 Å². The number of aliphatic hydroxyl groups is 3. The van der Waals surface area contributed by atoms with Gasteiger partial charge in [0.2, 0.25) is 0 Å². The van der Waals surface area contributed by atoms with Crippen molar-refractivity contribution in [3.63, 3.8) is 0 Å². The van der Waals surface area contributed by atoms with Crippen LogP contribution >= 0.6 is 0 Å². The zero-order valence-corrected chi connectivity index (χ0v) is 14.1. The Balaban J connectivity index is 3.61. The second kappa shape index (κ2) is 14.4. The van der Waals surface area contributed by atoms with Crippen molar-refractivity contribution in [2.75, 3.05) is 0 Å². The molecular weight excluding hydrogens is 296 g/mol. The van der Waals surface area contributed by atoms with E-state index in [0.717, 1.165) is 38.5 Å². The largest absolute Gasteiger partial charge is 0.481 e. The first-order valence-corrected chi connectivity index (χ1v) is 8.56. The van der Waals surface area contributed by atoms with Crippen molar-refractivity contribution >= 4 is 5.97 Å². The molecule has 0 aromatic heterocycles. The molecule has 0 rings (SSSR count). The Hall–Kier alpha value is -1.17. The van der Waals surface area contributed by atoms with Crippen LogP contribution in [0.3, 0.4) is 0 Å². The molecule has 0 amide bonds. The number of hydrogen-bond donors (Lipinski definition) is 4. The number of hydrogen-bond acceptors (Lipinski definition) is 4. The minimum absolute atomic E-state index is 0.254. The molecule has 4 N–H and O–H groups in total. The van der Waals surface area contributed by atoms with Crippen LogP contribution in [0.25, 0.3) is 0 Å². The van der Waals surface area contributed by atoms with E-state index in [1.54, 1.807) is 0 Å². The summed E-state index contributed by atoms with van der Waals surface area (Å²) in [5.41, 5.74) is 0. The van der Waals surface area contributed by atoms with Crippen LogP contribution in [-0.4, -0.2) is 44.7 Å². The molecule has 0 aromatic rings. The van der Waals surface area contributed by atoms with Crippen molar-refractivity contribution in [3.8, 4) is 0 Å². The van der Waals surface area contributed by atoms with Crippen molar-refractivity contribution in [2.45, 2.75) is 83.0 Å². The lowest BCUT2D eigenvalue weighted by Crippen LogP contribution is -2.23. The second-order valence-corrected chi connectivity index (χ2v) is 5.83. The lowest BCUT2D eigenvalue weighted by Gasteiger charge is -2.12. The van der Waals surface area contributed by atoms with Gasteiger partial charge in [0.1, 0.15) is 0 Å². The van der Waals surface area contributed by atoms with Crippen LogP contribution in [0, 0.1) is 0 Å². The third-order valence-corrected chi connectivity index (χ3v) is 3.65. The third kappa shape index (κ3) is 14.2. The minimum atomic E-state index is -0.963. The summed E-state index contributed by atoms with van der Waals surface area (Å²) >= 11 is 0. The third-order valence-electron chi connectivity index (χ3n) is 3.65. The summed E-state index contributed by atoms with van der Waals surface area (Å²) in [6.45, 7) is 1.84. The Bertz CT molecular complexity index is 351. The molecule has 5 nitrogen and oxygen atoms in total. The van der Waals surface area contributed by atoms with Gasteiger partial charge in [0, 0.05) is 6.42 Å². The summed E-state index contributed by atoms with van der Waals surface area (Å²) in [5, 5.41) is 37.3. The Morgan fingerprint density at radius 2 is 1.61 bits per heavy atom. The van der Waals surface area contributed by atoms with Crippen LogP contribution < -0.4 is 0 Å². The quantitative estimate of drug-likeness (QED) is 0.290. The summed E-state index contributed by atoms with van der Waals surface area (Å²) in [4.78, 5) is 10.3. The number of carbonyl (C=O) groups is 1. The van der Waals surface area contributed by atoms with Gasteiger partial charge in [-0.2, -0.15) is 0 Å². The Kier molecular flexibility index (Phi) is 13.7. The van der Waals surface area contributed by atoms with Crippen molar-refractivity contribution in [1.29, 1.82) is 0 Å².